The van der Waals surface area contributed by atoms with E-state index < -0.39 is 12.0 Å². The lowest BCUT2D eigenvalue weighted by Crippen LogP contribution is -2.44. The van der Waals surface area contributed by atoms with Crippen LogP contribution in [0.2, 0.25) is 5.02 Å². The zero-order valence-electron chi connectivity index (χ0n) is 12.1. The SMILES string of the molecule is Cc1ccc(NC(=O)CN(C2CC2)C(C)C(=O)O)c(Cl)c1. The normalized spacial score (nSPS) is 15.8. The summed E-state index contributed by atoms with van der Waals surface area (Å²) in [5, 5.41) is 12.3. The molecule has 2 N–H and O–H groups in total. The maximum absolute atomic E-state index is 12.1. The quantitative estimate of drug-likeness (QED) is 0.847. The number of rotatable bonds is 6. The first kappa shape index (κ1) is 15.8. The topological polar surface area (TPSA) is 69.6 Å². The number of halogens is 1. The fourth-order valence-corrected chi connectivity index (χ4v) is 2.49. The van der Waals surface area contributed by atoms with Gasteiger partial charge in [-0.25, -0.2) is 0 Å². The van der Waals surface area contributed by atoms with Crippen LogP contribution in [0.25, 0.3) is 0 Å². The fourth-order valence-electron chi connectivity index (χ4n) is 2.21. The Morgan fingerprint density at radius 3 is 2.67 bits per heavy atom. The summed E-state index contributed by atoms with van der Waals surface area (Å²) >= 11 is 6.08. The molecule has 0 radical (unpaired) electrons. The van der Waals surface area contributed by atoms with Gasteiger partial charge >= 0.3 is 5.97 Å². The second-order valence-electron chi connectivity index (χ2n) is 5.45. The number of hydrogen-bond acceptors (Lipinski definition) is 3. The molecule has 1 aliphatic carbocycles. The van der Waals surface area contributed by atoms with Gasteiger partial charge in [0.05, 0.1) is 17.3 Å². The van der Waals surface area contributed by atoms with Gasteiger partial charge in [0.2, 0.25) is 5.91 Å². The summed E-state index contributed by atoms with van der Waals surface area (Å²) in [5.41, 5.74) is 1.56. The number of nitrogens with zero attached hydrogens (tertiary/aromatic N) is 1. The molecular formula is C15H19ClN2O3. The van der Waals surface area contributed by atoms with Gasteiger partial charge in [-0.3, -0.25) is 14.5 Å². The highest BCUT2D eigenvalue weighted by molar-refractivity contribution is 6.33. The lowest BCUT2D eigenvalue weighted by molar-refractivity contribution is -0.143. The molecule has 2 rings (SSSR count). The van der Waals surface area contributed by atoms with E-state index in [0.717, 1.165) is 18.4 Å². The number of carboxylic acid groups (broad SMARTS) is 1. The summed E-state index contributed by atoms with van der Waals surface area (Å²) in [6.45, 7) is 3.58. The number of amides is 1. The van der Waals surface area contributed by atoms with Crippen molar-refractivity contribution in [3.05, 3.63) is 28.8 Å². The predicted octanol–water partition coefficient (Wildman–Crippen LogP) is 2.52. The molecule has 5 nitrogen and oxygen atoms in total. The van der Waals surface area contributed by atoms with Crippen molar-refractivity contribution < 1.29 is 14.7 Å². The van der Waals surface area contributed by atoms with Crippen molar-refractivity contribution in [2.45, 2.75) is 38.8 Å². The van der Waals surface area contributed by atoms with Crippen molar-refractivity contribution >= 4 is 29.2 Å². The molecule has 0 bridgehead atoms. The summed E-state index contributed by atoms with van der Waals surface area (Å²) in [7, 11) is 0. The van der Waals surface area contributed by atoms with E-state index in [1.165, 1.54) is 0 Å². The van der Waals surface area contributed by atoms with Gasteiger partial charge < -0.3 is 10.4 Å². The maximum atomic E-state index is 12.1. The molecule has 6 heteroatoms. The third kappa shape index (κ3) is 4.19. The Morgan fingerprint density at radius 2 is 2.14 bits per heavy atom. The standard InChI is InChI=1S/C15H19ClN2O3/c1-9-3-6-13(12(16)7-9)17-14(19)8-18(11-4-5-11)10(2)15(20)21/h3,6-7,10-11H,4-5,8H2,1-2H3,(H,17,19)(H,20,21). The molecule has 1 aliphatic rings. The summed E-state index contributed by atoms with van der Waals surface area (Å²) in [5.74, 6) is -1.16. The van der Waals surface area contributed by atoms with Crippen molar-refractivity contribution in [3.8, 4) is 0 Å². The Labute approximate surface area is 128 Å². The number of carboxylic acids is 1. The number of carbonyl (C=O) groups is 2. The van der Waals surface area contributed by atoms with Crippen LogP contribution in [0.3, 0.4) is 0 Å². The smallest absolute Gasteiger partial charge is 0.320 e. The highest BCUT2D eigenvalue weighted by atomic mass is 35.5. The van der Waals surface area contributed by atoms with Crippen molar-refractivity contribution in [3.63, 3.8) is 0 Å². The van der Waals surface area contributed by atoms with Crippen molar-refractivity contribution in [1.29, 1.82) is 0 Å². The van der Waals surface area contributed by atoms with Crippen molar-refractivity contribution in [2.75, 3.05) is 11.9 Å². The minimum absolute atomic E-state index is 0.0579. The van der Waals surface area contributed by atoms with Crippen LogP contribution in [0, 0.1) is 6.92 Å². The highest BCUT2D eigenvalue weighted by Gasteiger charge is 2.36. The Hall–Kier alpha value is -1.59. The zero-order chi connectivity index (χ0) is 15.6. The van der Waals surface area contributed by atoms with Crippen LogP contribution in [0.1, 0.15) is 25.3 Å². The van der Waals surface area contributed by atoms with Gasteiger partial charge in [-0.05, 0) is 44.4 Å². The van der Waals surface area contributed by atoms with E-state index in [2.05, 4.69) is 5.32 Å². The number of aliphatic carboxylic acids is 1. The predicted molar refractivity (Wildman–Crippen MR) is 81.6 cm³/mol. The van der Waals surface area contributed by atoms with Gasteiger partial charge in [-0.15, -0.1) is 0 Å². The maximum Gasteiger partial charge on any atom is 0.320 e. The molecule has 1 saturated carbocycles. The average molecular weight is 311 g/mol. The third-order valence-electron chi connectivity index (χ3n) is 3.60. The van der Waals surface area contributed by atoms with Crippen LogP contribution in [0.15, 0.2) is 18.2 Å². The Bertz CT molecular complexity index is 558. The van der Waals surface area contributed by atoms with Crippen molar-refractivity contribution in [2.24, 2.45) is 0 Å². The first-order chi connectivity index (χ1) is 9.88. The molecular weight excluding hydrogens is 292 g/mol. The second-order valence-corrected chi connectivity index (χ2v) is 5.86. The molecule has 1 atom stereocenters. The van der Waals surface area contributed by atoms with Crippen LogP contribution in [0.5, 0.6) is 0 Å². The van der Waals surface area contributed by atoms with Gasteiger partial charge in [-0.2, -0.15) is 0 Å². The fraction of sp³-hybridized carbons (Fsp3) is 0.467. The van der Waals surface area contributed by atoms with E-state index in [0.29, 0.717) is 10.7 Å². The summed E-state index contributed by atoms with van der Waals surface area (Å²) < 4.78 is 0. The van der Waals surface area contributed by atoms with Crippen LogP contribution >= 0.6 is 11.6 Å². The molecule has 114 valence electrons. The molecule has 0 aliphatic heterocycles. The summed E-state index contributed by atoms with van der Waals surface area (Å²) in [4.78, 5) is 24.9. The molecule has 0 saturated heterocycles. The monoisotopic (exact) mass is 310 g/mol. The summed E-state index contributed by atoms with van der Waals surface area (Å²) in [6.07, 6.45) is 1.88. The van der Waals surface area contributed by atoms with E-state index in [1.54, 1.807) is 24.0 Å². The molecule has 0 spiro atoms. The van der Waals surface area contributed by atoms with Gasteiger partial charge in [0.25, 0.3) is 0 Å². The molecule has 1 unspecified atom stereocenters. The van der Waals surface area contributed by atoms with Crippen LogP contribution in [-0.4, -0.2) is 40.5 Å². The highest BCUT2D eigenvalue weighted by Crippen LogP contribution is 2.29. The van der Waals surface area contributed by atoms with E-state index in [1.807, 2.05) is 13.0 Å². The minimum Gasteiger partial charge on any atom is -0.480 e. The molecule has 1 fully saturated rings. The molecule has 0 heterocycles. The lowest BCUT2D eigenvalue weighted by Gasteiger charge is -2.25. The van der Waals surface area contributed by atoms with Gasteiger partial charge in [0.15, 0.2) is 0 Å². The third-order valence-corrected chi connectivity index (χ3v) is 3.91. The molecule has 0 aromatic heterocycles. The molecule has 1 aromatic rings. The Morgan fingerprint density at radius 1 is 1.48 bits per heavy atom. The van der Waals surface area contributed by atoms with Crippen LogP contribution in [0.4, 0.5) is 5.69 Å². The van der Waals surface area contributed by atoms with E-state index in [-0.39, 0.29) is 18.5 Å². The molecule has 21 heavy (non-hydrogen) atoms. The van der Waals surface area contributed by atoms with Crippen molar-refractivity contribution in [1.82, 2.24) is 4.90 Å². The first-order valence-corrected chi connectivity index (χ1v) is 7.31. The molecule has 1 amide bonds. The number of hydrogen-bond donors (Lipinski definition) is 2. The number of aryl methyl sites for hydroxylation is 1. The number of nitrogens with one attached hydrogen (secondary N) is 1. The molecule has 1 aromatic carbocycles. The number of anilines is 1. The van der Waals surface area contributed by atoms with E-state index in [9.17, 15) is 9.59 Å². The van der Waals surface area contributed by atoms with E-state index in [4.69, 9.17) is 16.7 Å². The van der Waals surface area contributed by atoms with Gasteiger partial charge in [0.1, 0.15) is 6.04 Å². The zero-order valence-corrected chi connectivity index (χ0v) is 12.9. The Kier molecular flexibility index (Phi) is 4.85. The average Bonchev–Trinajstić information content (AvgIpc) is 3.23. The van der Waals surface area contributed by atoms with Gasteiger partial charge in [-0.1, -0.05) is 17.7 Å². The van der Waals surface area contributed by atoms with E-state index >= 15 is 0 Å². The second kappa shape index (κ2) is 6.45. The number of carbonyl (C=O) groups excluding carboxylic acids is 1. The number of benzene rings is 1. The summed E-state index contributed by atoms with van der Waals surface area (Å²) in [6, 6.07) is 4.90. The largest absolute Gasteiger partial charge is 0.480 e. The van der Waals surface area contributed by atoms with Gasteiger partial charge in [0, 0.05) is 6.04 Å². The van der Waals surface area contributed by atoms with Crippen LogP contribution in [-0.2, 0) is 9.59 Å². The Balaban J connectivity index is 2.00. The first-order valence-electron chi connectivity index (χ1n) is 6.93. The minimum atomic E-state index is -0.914. The lowest BCUT2D eigenvalue weighted by atomic mass is 10.2. The van der Waals surface area contributed by atoms with Crippen LogP contribution < -0.4 is 5.32 Å².